The number of hydrogen-bond acceptors (Lipinski definition) is 4. The molecule has 28 heavy (non-hydrogen) atoms. The second-order valence-electron chi connectivity index (χ2n) is 7.87. The highest BCUT2D eigenvalue weighted by molar-refractivity contribution is 7.85. The van der Waals surface area contributed by atoms with E-state index in [-0.39, 0.29) is 22.5 Å². The third-order valence-corrected chi connectivity index (χ3v) is 5.54. The minimum atomic E-state index is -4.29. The lowest BCUT2D eigenvalue weighted by atomic mass is 9.84. The van der Waals surface area contributed by atoms with E-state index in [1.165, 1.54) is 29.8 Å². The van der Waals surface area contributed by atoms with Crippen LogP contribution < -0.4 is 4.74 Å². The molecule has 2 rings (SSSR count). The molecule has 0 fully saturated rings. The average molecular weight is 405 g/mol. The molecule has 2 aromatic rings. The lowest BCUT2D eigenvalue weighted by Gasteiger charge is -2.21. The molecule has 0 atom stereocenters. The average Bonchev–Trinajstić information content (AvgIpc) is 2.59. The molecule has 0 saturated heterocycles. The number of hydrogen-bond donors (Lipinski definition) is 1. The summed E-state index contributed by atoms with van der Waals surface area (Å²) in [6, 6.07) is 9.25. The Bertz CT molecular complexity index is 926. The van der Waals surface area contributed by atoms with Crippen LogP contribution in [-0.2, 0) is 10.1 Å². The molecule has 5 nitrogen and oxygen atoms in total. The molecule has 0 bridgehead atoms. The number of carbonyl (C=O) groups is 1. The van der Waals surface area contributed by atoms with Crippen molar-refractivity contribution in [3.05, 3.63) is 58.7 Å². The monoisotopic (exact) mass is 404 g/mol. The fraction of sp³-hybridized carbons (Fsp3) is 0.409. The van der Waals surface area contributed by atoms with Crippen molar-refractivity contribution in [2.75, 3.05) is 0 Å². The number of ether oxygens (including phenoxy) is 1. The Morgan fingerprint density at radius 1 is 0.857 bits per heavy atom. The first-order chi connectivity index (χ1) is 12.9. The van der Waals surface area contributed by atoms with E-state index in [1.807, 2.05) is 27.7 Å². The summed E-state index contributed by atoms with van der Waals surface area (Å²) in [7, 11) is -4.29. The molecule has 1 N–H and O–H groups in total. The summed E-state index contributed by atoms with van der Waals surface area (Å²) >= 11 is 0. The van der Waals surface area contributed by atoms with Gasteiger partial charge in [-0.15, -0.1) is 0 Å². The van der Waals surface area contributed by atoms with E-state index in [1.54, 1.807) is 0 Å². The predicted molar refractivity (Wildman–Crippen MR) is 110 cm³/mol. The van der Waals surface area contributed by atoms with Crippen molar-refractivity contribution in [3.63, 3.8) is 0 Å². The lowest BCUT2D eigenvalue weighted by molar-refractivity contribution is 0.0731. The van der Waals surface area contributed by atoms with Crippen LogP contribution in [0.15, 0.2) is 41.3 Å². The Kier molecular flexibility index (Phi) is 6.67. The van der Waals surface area contributed by atoms with E-state index in [4.69, 9.17) is 9.29 Å². The van der Waals surface area contributed by atoms with Crippen LogP contribution in [0.3, 0.4) is 0 Å². The Morgan fingerprint density at radius 2 is 1.32 bits per heavy atom. The molecular weight excluding hydrogens is 376 g/mol. The lowest BCUT2D eigenvalue weighted by Crippen LogP contribution is -2.17. The molecule has 0 unspecified atom stereocenters. The Labute approximate surface area is 167 Å². The summed E-state index contributed by atoms with van der Waals surface area (Å²) in [5.74, 6) is 0.367. The molecule has 152 valence electrons. The van der Waals surface area contributed by atoms with E-state index in [0.29, 0.717) is 11.5 Å². The third-order valence-electron chi connectivity index (χ3n) is 4.67. The van der Waals surface area contributed by atoms with Gasteiger partial charge in [0.15, 0.2) is 0 Å². The van der Waals surface area contributed by atoms with Gasteiger partial charge in [0.05, 0.1) is 10.5 Å². The largest absolute Gasteiger partial charge is 0.423 e. The van der Waals surface area contributed by atoms with Crippen molar-refractivity contribution < 1.29 is 22.5 Å². The van der Waals surface area contributed by atoms with Crippen LogP contribution >= 0.6 is 0 Å². The van der Waals surface area contributed by atoms with Crippen LogP contribution in [0.1, 0.15) is 86.3 Å². The van der Waals surface area contributed by atoms with Crippen molar-refractivity contribution in [2.45, 2.75) is 64.2 Å². The standard InChI is InChI=1S/C22H28O5S/c1-13(2)16-11-19(14(3)4)21(20(12-16)15(5)6)22(23)27-17-7-9-18(10-8-17)28(24,25)26/h7-15H,1-6H3,(H,24,25,26). The maximum Gasteiger partial charge on any atom is 0.344 e. The molecule has 0 radical (unpaired) electrons. The molecule has 2 aromatic carbocycles. The van der Waals surface area contributed by atoms with Gasteiger partial charge in [0.2, 0.25) is 0 Å². The molecule has 0 saturated carbocycles. The van der Waals surface area contributed by atoms with Gasteiger partial charge in [0.1, 0.15) is 5.75 Å². The highest BCUT2D eigenvalue weighted by Gasteiger charge is 2.24. The van der Waals surface area contributed by atoms with Gasteiger partial charge in [-0.2, -0.15) is 8.42 Å². The molecule has 0 amide bonds. The molecule has 6 heteroatoms. The molecule has 0 heterocycles. The fourth-order valence-electron chi connectivity index (χ4n) is 3.03. The van der Waals surface area contributed by atoms with Gasteiger partial charge >= 0.3 is 5.97 Å². The first-order valence-electron chi connectivity index (χ1n) is 9.39. The van der Waals surface area contributed by atoms with Crippen LogP contribution in [0.25, 0.3) is 0 Å². The van der Waals surface area contributed by atoms with Crippen molar-refractivity contribution in [3.8, 4) is 5.75 Å². The van der Waals surface area contributed by atoms with E-state index >= 15 is 0 Å². The van der Waals surface area contributed by atoms with E-state index < -0.39 is 16.1 Å². The molecule has 0 aliphatic carbocycles. The van der Waals surface area contributed by atoms with Crippen molar-refractivity contribution >= 4 is 16.1 Å². The van der Waals surface area contributed by atoms with Gasteiger partial charge < -0.3 is 4.74 Å². The highest BCUT2D eigenvalue weighted by Crippen LogP contribution is 2.33. The SMILES string of the molecule is CC(C)c1cc(C(C)C)c(C(=O)Oc2ccc(S(=O)(=O)O)cc2)c(C(C)C)c1. The zero-order valence-electron chi connectivity index (χ0n) is 17.2. The van der Waals surface area contributed by atoms with Crippen molar-refractivity contribution in [2.24, 2.45) is 0 Å². The first kappa shape index (κ1) is 22.1. The van der Waals surface area contributed by atoms with Gasteiger partial charge in [-0.25, -0.2) is 4.79 Å². The van der Waals surface area contributed by atoms with Crippen molar-refractivity contribution in [1.82, 2.24) is 0 Å². The van der Waals surface area contributed by atoms with Gasteiger partial charge in [0.25, 0.3) is 10.1 Å². The zero-order valence-corrected chi connectivity index (χ0v) is 18.0. The number of benzene rings is 2. The minimum absolute atomic E-state index is 0.139. The number of carbonyl (C=O) groups excluding carboxylic acids is 1. The summed E-state index contributed by atoms with van der Waals surface area (Å²) in [6.07, 6.45) is 0. The van der Waals surface area contributed by atoms with Crippen LogP contribution in [0, 0.1) is 0 Å². The molecule has 0 aliphatic heterocycles. The molecule has 0 aliphatic rings. The fourth-order valence-corrected chi connectivity index (χ4v) is 3.51. The summed E-state index contributed by atoms with van der Waals surface area (Å²) in [5.41, 5.74) is 3.62. The Balaban J connectivity index is 2.49. The molecule has 0 aromatic heterocycles. The third kappa shape index (κ3) is 5.00. The van der Waals surface area contributed by atoms with Gasteiger partial charge in [-0.1, -0.05) is 53.7 Å². The van der Waals surface area contributed by atoms with Crippen LogP contribution in [-0.4, -0.2) is 18.9 Å². The van der Waals surface area contributed by atoms with Gasteiger partial charge in [0, 0.05) is 0 Å². The van der Waals surface area contributed by atoms with Gasteiger partial charge in [-0.3, -0.25) is 4.55 Å². The van der Waals surface area contributed by atoms with Gasteiger partial charge in [-0.05, 0) is 58.7 Å². The predicted octanol–water partition coefficient (Wildman–Crippen LogP) is 5.52. The highest BCUT2D eigenvalue weighted by atomic mass is 32.2. The normalized spacial score (nSPS) is 12.1. The van der Waals surface area contributed by atoms with Crippen molar-refractivity contribution in [1.29, 1.82) is 0 Å². The van der Waals surface area contributed by atoms with Crippen LogP contribution in [0.5, 0.6) is 5.75 Å². The summed E-state index contributed by atoms with van der Waals surface area (Å²) in [5, 5.41) is 0. The summed E-state index contributed by atoms with van der Waals surface area (Å²) < 4.78 is 36.9. The van der Waals surface area contributed by atoms with E-state index in [2.05, 4.69) is 26.0 Å². The maximum atomic E-state index is 13.0. The Morgan fingerprint density at radius 3 is 1.68 bits per heavy atom. The van der Waals surface area contributed by atoms with Crippen LogP contribution in [0.4, 0.5) is 0 Å². The van der Waals surface area contributed by atoms with E-state index in [0.717, 1.165) is 11.1 Å². The zero-order chi connectivity index (χ0) is 21.2. The van der Waals surface area contributed by atoms with Crippen LogP contribution in [0.2, 0.25) is 0 Å². The number of esters is 1. The molecule has 0 spiro atoms. The van der Waals surface area contributed by atoms with E-state index in [9.17, 15) is 13.2 Å². The Hall–Kier alpha value is -2.18. The second kappa shape index (κ2) is 8.45. The topological polar surface area (TPSA) is 80.7 Å². The second-order valence-corrected chi connectivity index (χ2v) is 9.30. The smallest absolute Gasteiger partial charge is 0.344 e. The summed E-state index contributed by atoms with van der Waals surface area (Å²) in [4.78, 5) is 12.8. The number of rotatable bonds is 6. The maximum absolute atomic E-state index is 13.0. The quantitative estimate of drug-likeness (QED) is 0.389. The first-order valence-corrected chi connectivity index (χ1v) is 10.8. The summed E-state index contributed by atoms with van der Waals surface area (Å²) in [6.45, 7) is 12.4. The molecular formula is C22H28O5S. The minimum Gasteiger partial charge on any atom is -0.423 e.